The summed E-state index contributed by atoms with van der Waals surface area (Å²) < 4.78 is 2.54. The number of aromatic amines is 1. The van der Waals surface area contributed by atoms with E-state index in [-0.39, 0.29) is 5.56 Å². The molecule has 2 aromatic heterocycles. The number of hydrogen-bond donors (Lipinski definition) is 1. The lowest BCUT2D eigenvalue weighted by Gasteiger charge is -1.85. The molecule has 0 amide bonds. The van der Waals surface area contributed by atoms with Gasteiger partial charge in [-0.15, -0.1) is 11.3 Å². The van der Waals surface area contributed by atoms with Crippen molar-refractivity contribution >= 4 is 21.6 Å². The standard InChI is InChI=1S/C6H6N2OS/c1-8-4-2-3-10-5(4)6(9)7-8/h2-3H,1H3,(H,7,9). The van der Waals surface area contributed by atoms with Crippen LogP contribution in [0.4, 0.5) is 0 Å². The zero-order valence-corrected chi connectivity index (χ0v) is 6.23. The van der Waals surface area contributed by atoms with E-state index in [0.29, 0.717) is 0 Å². The van der Waals surface area contributed by atoms with Gasteiger partial charge in [0.05, 0.1) is 5.52 Å². The van der Waals surface area contributed by atoms with Crippen molar-refractivity contribution in [3.05, 3.63) is 21.8 Å². The molecule has 0 radical (unpaired) electrons. The molecule has 0 saturated carbocycles. The zero-order chi connectivity index (χ0) is 7.14. The summed E-state index contributed by atoms with van der Waals surface area (Å²) in [4.78, 5) is 11.0. The highest BCUT2D eigenvalue weighted by Gasteiger charge is 2.02. The largest absolute Gasteiger partial charge is 0.287 e. The predicted octanol–water partition coefficient (Wildman–Crippen LogP) is 0.928. The summed E-state index contributed by atoms with van der Waals surface area (Å²) >= 11 is 1.47. The molecule has 2 heterocycles. The van der Waals surface area contributed by atoms with Gasteiger partial charge in [-0.1, -0.05) is 0 Å². The summed E-state index contributed by atoms with van der Waals surface area (Å²) in [5.74, 6) is 0. The summed E-state index contributed by atoms with van der Waals surface area (Å²) in [5.41, 5.74) is 0.988. The topological polar surface area (TPSA) is 37.8 Å². The van der Waals surface area contributed by atoms with Gasteiger partial charge in [0.2, 0.25) is 0 Å². The van der Waals surface area contributed by atoms with Crippen LogP contribution in [-0.4, -0.2) is 9.78 Å². The quantitative estimate of drug-likeness (QED) is 0.602. The monoisotopic (exact) mass is 154 g/mol. The third-order valence-electron chi connectivity index (χ3n) is 1.48. The first-order valence-electron chi connectivity index (χ1n) is 2.91. The van der Waals surface area contributed by atoms with E-state index in [2.05, 4.69) is 5.10 Å². The van der Waals surface area contributed by atoms with E-state index in [1.54, 1.807) is 4.68 Å². The SMILES string of the molecule is Cn1[nH]c(=O)c2sccc21. The molecule has 0 saturated heterocycles. The van der Waals surface area contributed by atoms with E-state index in [1.165, 1.54) is 11.3 Å². The maximum Gasteiger partial charge on any atom is 0.282 e. The van der Waals surface area contributed by atoms with Gasteiger partial charge in [-0.25, -0.2) is 0 Å². The van der Waals surface area contributed by atoms with Gasteiger partial charge in [-0.3, -0.25) is 14.6 Å². The van der Waals surface area contributed by atoms with Gasteiger partial charge in [0.1, 0.15) is 4.70 Å². The minimum atomic E-state index is 0.00694. The number of nitrogens with one attached hydrogen (secondary N) is 1. The summed E-state index contributed by atoms with van der Waals surface area (Å²) in [6, 6.07) is 1.93. The fraction of sp³-hybridized carbons (Fsp3) is 0.167. The van der Waals surface area contributed by atoms with Crippen molar-refractivity contribution in [1.82, 2.24) is 9.78 Å². The van der Waals surface area contributed by atoms with Gasteiger partial charge in [-0.05, 0) is 11.4 Å². The Labute approximate surface area is 60.9 Å². The molecular weight excluding hydrogens is 148 g/mol. The number of nitrogens with zero attached hydrogens (tertiary/aromatic N) is 1. The van der Waals surface area contributed by atoms with Crippen LogP contribution in [0.25, 0.3) is 10.2 Å². The Hall–Kier alpha value is -1.03. The van der Waals surface area contributed by atoms with Crippen LogP contribution in [0.2, 0.25) is 0 Å². The number of H-pyrrole nitrogens is 1. The molecule has 0 fully saturated rings. The second-order valence-electron chi connectivity index (χ2n) is 2.13. The lowest BCUT2D eigenvalue weighted by atomic mass is 10.5. The molecule has 52 valence electrons. The Kier molecular flexibility index (Phi) is 0.990. The third kappa shape index (κ3) is 0.565. The van der Waals surface area contributed by atoms with Gasteiger partial charge in [0.25, 0.3) is 5.56 Å². The number of rotatable bonds is 0. The number of aryl methyl sites for hydroxylation is 1. The third-order valence-corrected chi connectivity index (χ3v) is 2.38. The van der Waals surface area contributed by atoms with Crippen LogP contribution < -0.4 is 5.56 Å². The van der Waals surface area contributed by atoms with Gasteiger partial charge < -0.3 is 0 Å². The fourth-order valence-corrected chi connectivity index (χ4v) is 1.81. The van der Waals surface area contributed by atoms with Crippen molar-refractivity contribution in [3.63, 3.8) is 0 Å². The molecule has 0 spiro atoms. The first-order valence-corrected chi connectivity index (χ1v) is 3.79. The summed E-state index contributed by atoms with van der Waals surface area (Å²) in [5, 5.41) is 4.58. The number of hydrogen-bond acceptors (Lipinski definition) is 2. The number of aromatic nitrogens is 2. The Morgan fingerprint density at radius 2 is 2.50 bits per heavy atom. The highest BCUT2D eigenvalue weighted by atomic mass is 32.1. The molecule has 0 aliphatic heterocycles. The summed E-state index contributed by atoms with van der Waals surface area (Å²) in [7, 11) is 1.83. The molecule has 0 aliphatic carbocycles. The van der Waals surface area contributed by atoms with Crippen molar-refractivity contribution in [2.24, 2.45) is 7.05 Å². The Balaban J connectivity index is 3.12. The van der Waals surface area contributed by atoms with E-state index >= 15 is 0 Å². The molecule has 0 aromatic carbocycles. The first-order chi connectivity index (χ1) is 4.79. The summed E-state index contributed by atoms with van der Waals surface area (Å²) in [6.07, 6.45) is 0. The minimum Gasteiger partial charge on any atom is -0.287 e. The fourth-order valence-electron chi connectivity index (χ4n) is 1.000. The molecule has 0 aliphatic rings. The van der Waals surface area contributed by atoms with Gasteiger partial charge in [-0.2, -0.15) is 0 Å². The van der Waals surface area contributed by atoms with Gasteiger partial charge >= 0.3 is 0 Å². The van der Waals surface area contributed by atoms with Gasteiger partial charge in [0.15, 0.2) is 0 Å². The molecule has 4 heteroatoms. The predicted molar refractivity (Wildman–Crippen MR) is 41.4 cm³/mol. The van der Waals surface area contributed by atoms with Crippen LogP contribution in [0.3, 0.4) is 0 Å². The van der Waals surface area contributed by atoms with Crippen molar-refractivity contribution in [2.45, 2.75) is 0 Å². The molecule has 0 bridgehead atoms. The van der Waals surface area contributed by atoms with Crippen molar-refractivity contribution in [2.75, 3.05) is 0 Å². The Morgan fingerprint density at radius 1 is 1.70 bits per heavy atom. The zero-order valence-electron chi connectivity index (χ0n) is 5.42. The smallest absolute Gasteiger partial charge is 0.282 e. The van der Waals surface area contributed by atoms with Crippen LogP contribution in [0, 0.1) is 0 Å². The normalized spacial score (nSPS) is 10.9. The molecule has 0 atom stereocenters. The van der Waals surface area contributed by atoms with Crippen LogP contribution in [-0.2, 0) is 7.05 Å². The Morgan fingerprint density at radius 3 is 3.20 bits per heavy atom. The van der Waals surface area contributed by atoms with Crippen molar-refractivity contribution in [1.29, 1.82) is 0 Å². The maximum atomic E-state index is 11.0. The second-order valence-corrected chi connectivity index (χ2v) is 3.05. The van der Waals surface area contributed by atoms with E-state index in [4.69, 9.17) is 0 Å². The van der Waals surface area contributed by atoms with Crippen LogP contribution in [0.15, 0.2) is 16.2 Å². The number of fused-ring (bicyclic) bond motifs is 1. The van der Waals surface area contributed by atoms with Gasteiger partial charge in [0, 0.05) is 7.05 Å². The molecule has 2 aromatic rings. The lowest BCUT2D eigenvalue weighted by Crippen LogP contribution is -2.00. The number of thiophene rings is 1. The van der Waals surface area contributed by atoms with Crippen LogP contribution in [0.1, 0.15) is 0 Å². The van der Waals surface area contributed by atoms with Crippen molar-refractivity contribution in [3.8, 4) is 0 Å². The molecular formula is C6H6N2OS. The molecule has 1 N–H and O–H groups in total. The highest BCUT2D eigenvalue weighted by Crippen LogP contribution is 2.14. The van der Waals surface area contributed by atoms with E-state index in [0.717, 1.165) is 10.2 Å². The minimum absolute atomic E-state index is 0.00694. The second kappa shape index (κ2) is 1.73. The lowest BCUT2D eigenvalue weighted by molar-refractivity contribution is 0.783. The van der Waals surface area contributed by atoms with E-state index < -0.39 is 0 Å². The first kappa shape index (κ1) is 5.73. The van der Waals surface area contributed by atoms with Crippen LogP contribution >= 0.6 is 11.3 Å². The Bertz CT molecular complexity index is 408. The summed E-state index contributed by atoms with van der Waals surface area (Å²) in [6.45, 7) is 0. The average Bonchev–Trinajstić information content (AvgIpc) is 2.39. The highest BCUT2D eigenvalue weighted by molar-refractivity contribution is 7.17. The molecule has 0 unspecified atom stereocenters. The van der Waals surface area contributed by atoms with Crippen molar-refractivity contribution < 1.29 is 0 Å². The molecule has 2 rings (SSSR count). The molecule has 3 nitrogen and oxygen atoms in total. The van der Waals surface area contributed by atoms with E-state index in [1.807, 2.05) is 18.5 Å². The average molecular weight is 154 g/mol. The van der Waals surface area contributed by atoms with Crippen LogP contribution in [0.5, 0.6) is 0 Å². The molecule has 10 heavy (non-hydrogen) atoms. The maximum absolute atomic E-state index is 11.0. The van der Waals surface area contributed by atoms with E-state index in [9.17, 15) is 4.79 Å².